The second-order valence-corrected chi connectivity index (χ2v) is 6.40. The van der Waals surface area contributed by atoms with E-state index in [0.29, 0.717) is 18.6 Å². The predicted octanol–water partition coefficient (Wildman–Crippen LogP) is 1.90. The van der Waals surface area contributed by atoms with Gasteiger partial charge in [0.05, 0.1) is 0 Å². The summed E-state index contributed by atoms with van der Waals surface area (Å²) in [4.78, 5) is 27.4. The highest BCUT2D eigenvalue weighted by Gasteiger charge is 2.21. The number of hydrogen-bond donors (Lipinski definition) is 1. The molecule has 1 aliphatic heterocycles. The Bertz CT molecular complexity index is 730. The molecule has 0 spiro atoms. The summed E-state index contributed by atoms with van der Waals surface area (Å²) in [6.07, 6.45) is 0.806. The van der Waals surface area contributed by atoms with Crippen LogP contribution in [0.4, 0.5) is 0 Å². The van der Waals surface area contributed by atoms with Crippen molar-refractivity contribution in [1.82, 2.24) is 15.0 Å². The monoisotopic (exact) mass is 349 g/mol. The van der Waals surface area contributed by atoms with Gasteiger partial charge < -0.3 is 9.42 Å². The maximum Gasteiger partial charge on any atom is 0.280 e. The fraction of sp³-hybridized carbons (Fsp3) is 0.412. The molecule has 128 valence electrons. The lowest BCUT2D eigenvalue weighted by Crippen LogP contribution is -2.48. The number of rotatable bonds is 5. The number of amides is 1. The third-order valence-electron chi connectivity index (χ3n) is 4.20. The molecule has 6 nitrogen and oxygen atoms in total. The molecule has 1 N–H and O–H groups in total. The van der Waals surface area contributed by atoms with Crippen LogP contribution in [0.3, 0.4) is 0 Å². The van der Waals surface area contributed by atoms with Crippen LogP contribution >= 0.6 is 11.6 Å². The molecule has 0 radical (unpaired) electrons. The van der Waals surface area contributed by atoms with Crippen molar-refractivity contribution in [2.75, 3.05) is 26.2 Å². The lowest BCUT2D eigenvalue weighted by atomic mass is 10.2. The van der Waals surface area contributed by atoms with Gasteiger partial charge in [0.2, 0.25) is 5.91 Å². The molecule has 0 saturated carbocycles. The van der Waals surface area contributed by atoms with Crippen molar-refractivity contribution < 1.29 is 9.32 Å². The number of piperazine rings is 1. The molecule has 1 aromatic carbocycles. The fourth-order valence-electron chi connectivity index (χ4n) is 2.84. The number of halogens is 1. The van der Waals surface area contributed by atoms with E-state index >= 15 is 0 Å². The van der Waals surface area contributed by atoms with Crippen molar-refractivity contribution in [3.8, 4) is 0 Å². The van der Waals surface area contributed by atoms with E-state index in [0.717, 1.165) is 37.7 Å². The number of hydrogen-bond acceptors (Lipinski definition) is 4. The van der Waals surface area contributed by atoms with Gasteiger partial charge >= 0.3 is 0 Å². The van der Waals surface area contributed by atoms with E-state index in [1.54, 1.807) is 0 Å². The standard InChI is InChI=1S/C17H20ClN3O3/c18-14-3-1-13(2-4-14)12-20-7-9-21(10-8-20)17(23)6-5-15-11-16(22)19-24-15/h1-4,11H,5-10,12H2,(H,19,22). The molecule has 2 aromatic rings. The number of carbonyl (C=O) groups excluding carboxylic acids is 1. The van der Waals surface area contributed by atoms with E-state index in [9.17, 15) is 9.59 Å². The number of benzene rings is 1. The zero-order valence-corrected chi connectivity index (χ0v) is 14.1. The summed E-state index contributed by atoms with van der Waals surface area (Å²) in [5, 5.41) is 2.98. The summed E-state index contributed by atoms with van der Waals surface area (Å²) >= 11 is 5.90. The molecule has 0 aliphatic carbocycles. The highest BCUT2D eigenvalue weighted by atomic mass is 35.5. The van der Waals surface area contributed by atoms with Gasteiger partial charge in [0.1, 0.15) is 5.76 Å². The number of nitrogens with zero attached hydrogens (tertiary/aromatic N) is 2. The molecule has 1 aliphatic rings. The van der Waals surface area contributed by atoms with Crippen LogP contribution in [0.25, 0.3) is 0 Å². The molecule has 0 bridgehead atoms. The minimum Gasteiger partial charge on any atom is -0.384 e. The van der Waals surface area contributed by atoms with Crippen LogP contribution in [0.2, 0.25) is 5.02 Å². The van der Waals surface area contributed by atoms with Crippen LogP contribution in [0.5, 0.6) is 0 Å². The second kappa shape index (κ2) is 7.68. The smallest absolute Gasteiger partial charge is 0.280 e. The van der Waals surface area contributed by atoms with E-state index < -0.39 is 0 Å². The number of aromatic nitrogens is 1. The number of H-pyrrole nitrogens is 1. The molecule has 1 saturated heterocycles. The molecule has 24 heavy (non-hydrogen) atoms. The van der Waals surface area contributed by atoms with E-state index in [4.69, 9.17) is 16.1 Å². The average molecular weight is 350 g/mol. The molecular weight excluding hydrogens is 330 g/mol. The quantitative estimate of drug-likeness (QED) is 0.895. The van der Waals surface area contributed by atoms with Gasteiger partial charge in [0.15, 0.2) is 0 Å². The maximum atomic E-state index is 12.2. The Kier molecular flexibility index (Phi) is 5.37. The summed E-state index contributed by atoms with van der Waals surface area (Å²) in [7, 11) is 0. The number of carbonyl (C=O) groups is 1. The highest BCUT2D eigenvalue weighted by Crippen LogP contribution is 2.13. The van der Waals surface area contributed by atoms with Crippen molar-refractivity contribution in [1.29, 1.82) is 0 Å². The first-order chi connectivity index (χ1) is 11.6. The maximum absolute atomic E-state index is 12.2. The van der Waals surface area contributed by atoms with Gasteiger partial charge in [-0.2, -0.15) is 5.16 Å². The highest BCUT2D eigenvalue weighted by molar-refractivity contribution is 6.30. The lowest BCUT2D eigenvalue weighted by Gasteiger charge is -2.34. The van der Waals surface area contributed by atoms with E-state index in [1.165, 1.54) is 11.6 Å². The Labute approximate surface area is 145 Å². The van der Waals surface area contributed by atoms with Gasteiger partial charge in [-0.25, -0.2) is 0 Å². The van der Waals surface area contributed by atoms with E-state index in [-0.39, 0.29) is 11.5 Å². The third kappa shape index (κ3) is 4.49. The van der Waals surface area contributed by atoms with E-state index in [2.05, 4.69) is 10.1 Å². The largest absolute Gasteiger partial charge is 0.384 e. The van der Waals surface area contributed by atoms with Gasteiger partial charge in [-0.05, 0) is 17.7 Å². The van der Waals surface area contributed by atoms with Crippen LogP contribution in [-0.2, 0) is 17.8 Å². The first-order valence-corrected chi connectivity index (χ1v) is 8.40. The Hall–Kier alpha value is -2.05. The summed E-state index contributed by atoms with van der Waals surface area (Å²) in [6, 6.07) is 9.25. The van der Waals surface area contributed by atoms with E-state index in [1.807, 2.05) is 29.2 Å². The summed E-state index contributed by atoms with van der Waals surface area (Å²) in [5.74, 6) is 0.625. The van der Waals surface area contributed by atoms with Gasteiger partial charge in [0, 0.05) is 56.7 Å². The Morgan fingerprint density at radius 2 is 1.88 bits per heavy atom. The summed E-state index contributed by atoms with van der Waals surface area (Å²) < 4.78 is 4.97. The van der Waals surface area contributed by atoms with Gasteiger partial charge in [0.25, 0.3) is 5.56 Å². The van der Waals surface area contributed by atoms with Crippen LogP contribution in [0.1, 0.15) is 17.7 Å². The number of nitrogens with one attached hydrogen (secondary N) is 1. The molecule has 0 atom stereocenters. The van der Waals surface area contributed by atoms with Gasteiger partial charge in [-0.3, -0.25) is 14.5 Å². The molecule has 1 fully saturated rings. The molecule has 1 amide bonds. The average Bonchev–Trinajstić information content (AvgIpc) is 3.01. The molecule has 1 aromatic heterocycles. The number of aryl methyl sites for hydroxylation is 1. The predicted molar refractivity (Wildman–Crippen MR) is 91.0 cm³/mol. The molecule has 3 rings (SSSR count). The van der Waals surface area contributed by atoms with Crippen LogP contribution in [-0.4, -0.2) is 47.0 Å². The molecular formula is C17H20ClN3O3. The van der Waals surface area contributed by atoms with Crippen LogP contribution in [0.15, 0.2) is 39.6 Å². The van der Waals surface area contributed by atoms with Gasteiger partial charge in [-0.1, -0.05) is 23.7 Å². The Balaban J connectivity index is 1.43. The fourth-order valence-corrected chi connectivity index (χ4v) is 2.96. The first-order valence-electron chi connectivity index (χ1n) is 8.02. The zero-order valence-electron chi connectivity index (χ0n) is 13.3. The first kappa shape index (κ1) is 16.8. The van der Waals surface area contributed by atoms with Crippen molar-refractivity contribution in [2.24, 2.45) is 0 Å². The SMILES string of the molecule is O=C(CCc1cc(=O)[nH]o1)N1CCN(Cc2ccc(Cl)cc2)CC1. The van der Waals surface area contributed by atoms with Crippen LogP contribution < -0.4 is 5.56 Å². The Morgan fingerprint density at radius 1 is 1.17 bits per heavy atom. The van der Waals surface area contributed by atoms with Crippen molar-refractivity contribution in [3.63, 3.8) is 0 Å². The minimum absolute atomic E-state index is 0.102. The molecule has 7 heteroatoms. The van der Waals surface area contributed by atoms with Gasteiger partial charge in [-0.15, -0.1) is 0 Å². The normalized spacial score (nSPS) is 15.6. The van der Waals surface area contributed by atoms with Crippen molar-refractivity contribution >= 4 is 17.5 Å². The number of aromatic amines is 1. The summed E-state index contributed by atoms with van der Waals surface area (Å²) in [6.45, 7) is 4.03. The third-order valence-corrected chi connectivity index (χ3v) is 4.46. The van der Waals surface area contributed by atoms with Crippen molar-refractivity contribution in [3.05, 3.63) is 57.0 Å². The minimum atomic E-state index is -0.270. The molecule has 2 heterocycles. The van der Waals surface area contributed by atoms with Crippen LogP contribution in [0, 0.1) is 0 Å². The lowest BCUT2D eigenvalue weighted by molar-refractivity contribution is -0.133. The zero-order chi connectivity index (χ0) is 16.9. The second-order valence-electron chi connectivity index (χ2n) is 5.96. The molecule has 0 unspecified atom stereocenters. The summed E-state index contributed by atoms with van der Waals surface area (Å²) in [5.41, 5.74) is 0.954. The topological polar surface area (TPSA) is 69.5 Å². The Morgan fingerprint density at radius 3 is 2.50 bits per heavy atom. The van der Waals surface area contributed by atoms with Crippen molar-refractivity contribution in [2.45, 2.75) is 19.4 Å².